The number of anilines is 1. The molecule has 1 unspecified atom stereocenters. The molecule has 0 amide bonds. The minimum atomic E-state index is 0.656. The summed E-state index contributed by atoms with van der Waals surface area (Å²) in [6, 6.07) is 7.27. The first-order chi connectivity index (χ1) is 9.13. The molecule has 1 aromatic carbocycles. The molecule has 1 aliphatic heterocycles. The van der Waals surface area contributed by atoms with E-state index in [2.05, 4.69) is 54.8 Å². The molecule has 1 fully saturated rings. The Bertz CT molecular complexity index is 417. The highest BCUT2D eigenvalue weighted by atomic mass is 32.2. The Morgan fingerprint density at radius 2 is 2.16 bits per heavy atom. The molecule has 0 radical (unpaired) electrons. The Balaban J connectivity index is 2.25. The summed E-state index contributed by atoms with van der Waals surface area (Å²) in [6.45, 7) is 9.31. The Morgan fingerprint density at radius 3 is 2.84 bits per heavy atom. The topological polar surface area (TPSA) is 15.3 Å². The van der Waals surface area contributed by atoms with E-state index in [0.717, 1.165) is 0 Å². The van der Waals surface area contributed by atoms with Crippen molar-refractivity contribution in [1.29, 1.82) is 0 Å². The predicted molar refractivity (Wildman–Crippen MR) is 87.0 cm³/mol. The van der Waals surface area contributed by atoms with Crippen LogP contribution in [0.15, 0.2) is 18.2 Å². The second kappa shape index (κ2) is 6.67. The van der Waals surface area contributed by atoms with Crippen molar-refractivity contribution in [3.63, 3.8) is 0 Å². The number of hydrogen-bond acceptors (Lipinski definition) is 3. The molecule has 1 heterocycles. The quantitative estimate of drug-likeness (QED) is 0.828. The van der Waals surface area contributed by atoms with Gasteiger partial charge in [0.15, 0.2) is 0 Å². The second-order valence-corrected chi connectivity index (χ2v) is 6.38. The van der Waals surface area contributed by atoms with Gasteiger partial charge in [-0.05, 0) is 63.3 Å². The van der Waals surface area contributed by atoms with E-state index in [-0.39, 0.29) is 0 Å². The fourth-order valence-electron chi connectivity index (χ4n) is 3.13. The van der Waals surface area contributed by atoms with E-state index in [0.29, 0.717) is 12.0 Å². The molecule has 1 saturated heterocycles. The first-order valence-electron chi connectivity index (χ1n) is 7.26. The van der Waals surface area contributed by atoms with Gasteiger partial charge < -0.3 is 9.62 Å². The van der Waals surface area contributed by atoms with Crippen molar-refractivity contribution in [3.05, 3.63) is 29.3 Å². The summed E-state index contributed by atoms with van der Waals surface area (Å²) in [5.74, 6) is 0.673. The van der Waals surface area contributed by atoms with Crippen molar-refractivity contribution >= 4 is 17.6 Å². The molecule has 0 aliphatic carbocycles. The number of nitrogens with zero attached hydrogens (tertiary/aromatic N) is 1. The van der Waals surface area contributed by atoms with E-state index in [1.54, 1.807) is 11.9 Å². The maximum Gasteiger partial charge on any atom is 0.0478 e. The number of rotatable bonds is 4. The standard InChI is InChI=1S/C16H26N2S/c1-12(2)18-10-6-8-14(11-18)16-13(3)7-5-9-15(16)17-19-4/h5,7,9,12,14,17H,6,8,10-11H2,1-4H3. The maximum atomic E-state index is 3.46. The van der Waals surface area contributed by atoms with Crippen LogP contribution in [0.25, 0.3) is 0 Å². The molecule has 1 aliphatic rings. The van der Waals surface area contributed by atoms with Gasteiger partial charge >= 0.3 is 0 Å². The van der Waals surface area contributed by atoms with Crippen molar-refractivity contribution in [1.82, 2.24) is 4.90 Å². The smallest absolute Gasteiger partial charge is 0.0478 e. The third kappa shape index (κ3) is 3.46. The lowest BCUT2D eigenvalue weighted by Gasteiger charge is -2.36. The van der Waals surface area contributed by atoms with Gasteiger partial charge in [-0.3, -0.25) is 0 Å². The van der Waals surface area contributed by atoms with Crippen molar-refractivity contribution in [2.24, 2.45) is 0 Å². The number of likely N-dealkylation sites (tertiary alicyclic amines) is 1. The van der Waals surface area contributed by atoms with Gasteiger partial charge in [0.2, 0.25) is 0 Å². The van der Waals surface area contributed by atoms with Gasteiger partial charge in [-0.25, -0.2) is 0 Å². The molecule has 3 heteroatoms. The SMILES string of the molecule is CSNc1cccc(C)c1C1CCCN(C(C)C)C1. The van der Waals surface area contributed by atoms with Crippen molar-refractivity contribution in [3.8, 4) is 0 Å². The van der Waals surface area contributed by atoms with E-state index in [4.69, 9.17) is 0 Å². The molecule has 106 valence electrons. The number of piperidine rings is 1. The van der Waals surface area contributed by atoms with Crippen LogP contribution >= 0.6 is 11.9 Å². The molecule has 0 saturated carbocycles. The number of nitrogens with one attached hydrogen (secondary N) is 1. The third-order valence-electron chi connectivity index (χ3n) is 4.13. The first-order valence-corrected chi connectivity index (χ1v) is 8.48. The van der Waals surface area contributed by atoms with E-state index in [1.165, 1.54) is 42.7 Å². The van der Waals surface area contributed by atoms with Crippen molar-refractivity contribution in [2.45, 2.75) is 45.6 Å². The highest BCUT2D eigenvalue weighted by Gasteiger charge is 2.25. The highest BCUT2D eigenvalue weighted by Crippen LogP contribution is 2.35. The number of aryl methyl sites for hydroxylation is 1. The molecule has 1 N–H and O–H groups in total. The van der Waals surface area contributed by atoms with Gasteiger partial charge in [-0.15, -0.1) is 0 Å². The van der Waals surface area contributed by atoms with Gasteiger partial charge in [0.1, 0.15) is 0 Å². The van der Waals surface area contributed by atoms with Crippen LogP contribution in [-0.4, -0.2) is 30.3 Å². The van der Waals surface area contributed by atoms with Crippen LogP contribution in [0.1, 0.15) is 43.7 Å². The van der Waals surface area contributed by atoms with Crippen LogP contribution in [0.4, 0.5) is 5.69 Å². The molecule has 1 aromatic rings. The molecule has 1 atom stereocenters. The van der Waals surface area contributed by atoms with Crippen LogP contribution in [0.3, 0.4) is 0 Å². The summed E-state index contributed by atoms with van der Waals surface area (Å²) in [6.07, 6.45) is 4.72. The summed E-state index contributed by atoms with van der Waals surface area (Å²) in [5.41, 5.74) is 4.26. The fraction of sp³-hybridized carbons (Fsp3) is 0.625. The Kier molecular flexibility index (Phi) is 5.17. The lowest BCUT2D eigenvalue weighted by Crippen LogP contribution is -2.39. The van der Waals surface area contributed by atoms with Gasteiger partial charge in [0.25, 0.3) is 0 Å². The van der Waals surface area contributed by atoms with E-state index >= 15 is 0 Å². The van der Waals surface area contributed by atoms with E-state index in [1.807, 2.05) is 0 Å². The predicted octanol–water partition coefficient (Wildman–Crippen LogP) is 4.27. The van der Waals surface area contributed by atoms with E-state index < -0.39 is 0 Å². The maximum absolute atomic E-state index is 3.46. The first kappa shape index (κ1) is 14.7. The Hall–Kier alpha value is -0.670. The third-order valence-corrected chi connectivity index (χ3v) is 4.55. The van der Waals surface area contributed by atoms with E-state index in [9.17, 15) is 0 Å². The number of benzene rings is 1. The molecular formula is C16H26N2S. The normalized spacial score (nSPS) is 20.8. The molecule has 0 aromatic heterocycles. The van der Waals surface area contributed by atoms with Gasteiger partial charge in [0, 0.05) is 24.5 Å². The molecule has 2 rings (SSSR count). The van der Waals surface area contributed by atoms with Crippen LogP contribution in [0.5, 0.6) is 0 Å². The van der Waals surface area contributed by atoms with Crippen LogP contribution < -0.4 is 4.72 Å². The lowest BCUT2D eigenvalue weighted by atomic mass is 9.86. The summed E-state index contributed by atoms with van der Waals surface area (Å²) in [5, 5.41) is 0. The Morgan fingerprint density at radius 1 is 1.37 bits per heavy atom. The molecule has 2 nitrogen and oxygen atoms in total. The molecular weight excluding hydrogens is 252 g/mol. The fourth-order valence-corrected chi connectivity index (χ4v) is 3.53. The highest BCUT2D eigenvalue weighted by molar-refractivity contribution is 7.99. The second-order valence-electron chi connectivity index (χ2n) is 5.77. The zero-order valence-corrected chi connectivity index (χ0v) is 13.4. The summed E-state index contributed by atoms with van der Waals surface area (Å²) < 4.78 is 3.46. The van der Waals surface area contributed by atoms with Gasteiger partial charge in [-0.1, -0.05) is 24.1 Å². The van der Waals surface area contributed by atoms with Gasteiger partial charge in [0.05, 0.1) is 0 Å². The van der Waals surface area contributed by atoms with Crippen molar-refractivity contribution in [2.75, 3.05) is 24.1 Å². The minimum Gasteiger partial charge on any atom is -0.330 e. The summed E-state index contributed by atoms with van der Waals surface area (Å²) in [4.78, 5) is 2.61. The Labute approximate surface area is 122 Å². The average molecular weight is 278 g/mol. The zero-order valence-electron chi connectivity index (χ0n) is 12.6. The van der Waals surface area contributed by atoms with Crippen LogP contribution in [0, 0.1) is 6.92 Å². The lowest BCUT2D eigenvalue weighted by molar-refractivity contribution is 0.167. The van der Waals surface area contributed by atoms with Gasteiger partial charge in [-0.2, -0.15) is 0 Å². The number of hydrogen-bond donors (Lipinski definition) is 1. The molecule has 0 spiro atoms. The summed E-state index contributed by atoms with van der Waals surface area (Å²) in [7, 11) is 0. The van der Waals surface area contributed by atoms with Crippen LogP contribution in [-0.2, 0) is 0 Å². The zero-order chi connectivity index (χ0) is 13.8. The monoisotopic (exact) mass is 278 g/mol. The summed E-state index contributed by atoms with van der Waals surface area (Å²) >= 11 is 1.69. The largest absolute Gasteiger partial charge is 0.330 e. The molecule has 19 heavy (non-hydrogen) atoms. The minimum absolute atomic E-state index is 0.656. The molecule has 0 bridgehead atoms. The van der Waals surface area contributed by atoms with Crippen LogP contribution in [0.2, 0.25) is 0 Å². The van der Waals surface area contributed by atoms with Crippen molar-refractivity contribution < 1.29 is 0 Å². The average Bonchev–Trinajstić information content (AvgIpc) is 2.39.